The number of alkyl halides is 3. The summed E-state index contributed by atoms with van der Waals surface area (Å²) in [5.74, 6) is -0.240. The van der Waals surface area contributed by atoms with Crippen molar-refractivity contribution in [2.75, 3.05) is 13.6 Å². The Bertz CT molecular complexity index is 663. The largest absolute Gasteiger partial charge is 0.416 e. The zero-order valence-corrected chi connectivity index (χ0v) is 15.6. The van der Waals surface area contributed by atoms with Gasteiger partial charge in [-0.2, -0.15) is 13.2 Å². The monoisotopic (exact) mass is 370 g/mol. The van der Waals surface area contributed by atoms with Crippen molar-refractivity contribution >= 4 is 11.8 Å². The summed E-state index contributed by atoms with van der Waals surface area (Å²) in [5.41, 5.74) is -0.664. The van der Waals surface area contributed by atoms with E-state index >= 15 is 0 Å². The van der Waals surface area contributed by atoms with Crippen molar-refractivity contribution in [2.24, 2.45) is 5.41 Å². The molecule has 0 spiro atoms. The van der Waals surface area contributed by atoms with Gasteiger partial charge in [0.05, 0.1) is 5.56 Å². The van der Waals surface area contributed by atoms with E-state index in [9.17, 15) is 22.8 Å². The van der Waals surface area contributed by atoms with Gasteiger partial charge in [-0.05, 0) is 30.5 Å². The van der Waals surface area contributed by atoms with Crippen LogP contribution in [0.3, 0.4) is 0 Å². The molecule has 2 amide bonds. The number of nitrogens with zero attached hydrogens (tertiary/aromatic N) is 2. The van der Waals surface area contributed by atoms with Crippen LogP contribution >= 0.6 is 0 Å². The van der Waals surface area contributed by atoms with E-state index in [0.29, 0.717) is 18.5 Å². The zero-order chi connectivity index (χ0) is 19.7. The molecule has 1 fully saturated rings. The van der Waals surface area contributed by atoms with Gasteiger partial charge in [-0.3, -0.25) is 9.59 Å². The first-order valence-electron chi connectivity index (χ1n) is 8.63. The molecule has 1 saturated heterocycles. The van der Waals surface area contributed by atoms with Crippen molar-refractivity contribution in [3.63, 3.8) is 0 Å². The second kappa shape index (κ2) is 7.29. The van der Waals surface area contributed by atoms with E-state index < -0.39 is 23.2 Å². The van der Waals surface area contributed by atoms with Gasteiger partial charge in [0.15, 0.2) is 0 Å². The van der Waals surface area contributed by atoms with Gasteiger partial charge in [-0.25, -0.2) is 0 Å². The van der Waals surface area contributed by atoms with E-state index in [2.05, 4.69) is 0 Å². The second-order valence-corrected chi connectivity index (χ2v) is 7.80. The number of amides is 2. The lowest BCUT2D eigenvalue weighted by atomic mass is 9.94. The van der Waals surface area contributed by atoms with Crippen LogP contribution in [0, 0.1) is 5.41 Å². The maximum atomic E-state index is 12.8. The normalized spacial score (nSPS) is 18.1. The molecule has 1 heterocycles. The van der Waals surface area contributed by atoms with Gasteiger partial charge < -0.3 is 9.80 Å². The molecule has 7 heteroatoms. The molecular weight excluding hydrogens is 345 g/mol. The molecule has 1 aliphatic heterocycles. The molecule has 0 bridgehead atoms. The fraction of sp³-hybridized carbons (Fsp3) is 0.579. The van der Waals surface area contributed by atoms with Crippen LogP contribution in [0.2, 0.25) is 0 Å². The van der Waals surface area contributed by atoms with Crippen LogP contribution in [-0.2, 0) is 22.3 Å². The molecule has 4 nitrogen and oxygen atoms in total. The molecule has 0 radical (unpaired) electrons. The van der Waals surface area contributed by atoms with Gasteiger partial charge in [0.25, 0.3) is 0 Å². The molecule has 1 aliphatic rings. The topological polar surface area (TPSA) is 40.6 Å². The van der Waals surface area contributed by atoms with Gasteiger partial charge in [0, 0.05) is 25.6 Å². The Hall–Kier alpha value is -2.05. The third kappa shape index (κ3) is 4.56. The second-order valence-electron chi connectivity index (χ2n) is 7.80. The fourth-order valence-electron chi connectivity index (χ4n) is 3.10. The SMILES string of the molecule is CN(Cc1ccc(C(F)(F)F)cc1)C(=O)C1CCCN1C(=O)C(C)(C)C. The summed E-state index contributed by atoms with van der Waals surface area (Å²) in [5, 5.41) is 0. The molecule has 1 aromatic rings. The Morgan fingerprint density at radius 1 is 1.15 bits per heavy atom. The molecule has 1 atom stereocenters. The number of rotatable bonds is 3. The Labute approximate surface area is 152 Å². The minimum absolute atomic E-state index is 0.0590. The van der Waals surface area contributed by atoms with E-state index in [1.165, 1.54) is 17.0 Å². The van der Waals surface area contributed by atoms with Gasteiger partial charge in [-0.1, -0.05) is 32.9 Å². The minimum Gasteiger partial charge on any atom is -0.340 e. The minimum atomic E-state index is -4.38. The number of likely N-dealkylation sites (N-methyl/N-ethyl adjacent to an activating group) is 1. The average Bonchev–Trinajstić information content (AvgIpc) is 3.01. The maximum absolute atomic E-state index is 12.8. The highest BCUT2D eigenvalue weighted by Gasteiger charge is 2.39. The fourth-order valence-corrected chi connectivity index (χ4v) is 3.10. The lowest BCUT2D eigenvalue weighted by molar-refractivity contribution is -0.148. The van der Waals surface area contributed by atoms with Crippen LogP contribution in [-0.4, -0.2) is 41.2 Å². The van der Waals surface area contributed by atoms with Crippen LogP contribution in [0.15, 0.2) is 24.3 Å². The van der Waals surface area contributed by atoms with Gasteiger partial charge in [0.2, 0.25) is 11.8 Å². The van der Waals surface area contributed by atoms with Gasteiger partial charge in [0.1, 0.15) is 6.04 Å². The highest BCUT2D eigenvalue weighted by molar-refractivity contribution is 5.90. The summed E-state index contributed by atoms with van der Waals surface area (Å²) in [6, 6.07) is 4.27. The molecule has 26 heavy (non-hydrogen) atoms. The summed E-state index contributed by atoms with van der Waals surface area (Å²) >= 11 is 0. The number of carbonyl (C=O) groups is 2. The van der Waals surface area contributed by atoms with E-state index in [4.69, 9.17) is 0 Å². The lowest BCUT2D eigenvalue weighted by Gasteiger charge is -2.32. The number of benzene rings is 1. The maximum Gasteiger partial charge on any atom is 0.416 e. The molecule has 0 N–H and O–H groups in total. The Morgan fingerprint density at radius 3 is 2.23 bits per heavy atom. The number of likely N-dealkylation sites (tertiary alicyclic amines) is 1. The molecule has 0 aliphatic carbocycles. The third-order valence-corrected chi connectivity index (χ3v) is 4.52. The van der Waals surface area contributed by atoms with Crippen molar-refractivity contribution in [3.8, 4) is 0 Å². The van der Waals surface area contributed by atoms with Crippen LogP contribution in [0.5, 0.6) is 0 Å². The van der Waals surface area contributed by atoms with Crippen molar-refractivity contribution in [1.82, 2.24) is 9.80 Å². The van der Waals surface area contributed by atoms with Crippen molar-refractivity contribution in [2.45, 2.75) is 52.4 Å². The van der Waals surface area contributed by atoms with E-state index in [1.54, 1.807) is 11.9 Å². The van der Waals surface area contributed by atoms with Crippen molar-refractivity contribution < 1.29 is 22.8 Å². The molecule has 0 aromatic heterocycles. The molecule has 0 saturated carbocycles. The smallest absolute Gasteiger partial charge is 0.340 e. The quantitative estimate of drug-likeness (QED) is 0.814. The first kappa shape index (κ1) is 20.3. The summed E-state index contributed by atoms with van der Waals surface area (Å²) in [7, 11) is 1.61. The first-order chi connectivity index (χ1) is 11.9. The van der Waals surface area contributed by atoms with Crippen LogP contribution in [0.1, 0.15) is 44.7 Å². The lowest BCUT2D eigenvalue weighted by Crippen LogP contribution is -2.49. The highest BCUT2D eigenvalue weighted by atomic mass is 19.4. The van der Waals surface area contributed by atoms with Crippen molar-refractivity contribution in [1.29, 1.82) is 0 Å². The van der Waals surface area contributed by atoms with E-state index in [-0.39, 0.29) is 18.4 Å². The summed E-state index contributed by atoms with van der Waals surface area (Å²) in [6.07, 6.45) is -3.00. The van der Waals surface area contributed by atoms with Gasteiger partial charge >= 0.3 is 6.18 Å². The van der Waals surface area contributed by atoms with Crippen LogP contribution in [0.4, 0.5) is 13.2 Å². The summed E-state index contributed by atoms with van der Waals surface area (Å²) < 4.78 is 37.9. The Morgan fingerprint density at radius 2 is 1.73 bits per heavy atom. The first-order valence-corrected chi connectivity index (χ1v) is 8.63. The number of halogens is 3. The standard InChI is InChI=1S/C19H25F3N2O2/c1-18(2,3)17(26)24-11-5-6-15(24)16(25)23(4)12-13-7-9-14(10-8-13)19(20,21)22/h7-10,15H,5-6,11-12H2,1-4H3. The predicted octanol–water partition coefficient (Wildman–Crippen LogP) is 3.70. The molecule has 144 valence electrons. The van der Waals surface area contributed by atoms with E-state index in [0.717, 1.165) is 18.6 Å². The number of hydrogen-bond acceptors (Lipinski definition) is 2. The molecule has 1 aromatic carbocycles. The molecular formula is C19H25F3N2O2. The highest BCUT2D eigenvalue weighted by Crippen LogP contribution is 2.30. The van der Waals surface area contributed by atoms with Gasteiger partial charge in [-0.15, -0.1) is 0 Å². The van der Waals surface area contributed by atoms with Crippen LogP contribution < -0.4 is 0 Å². The van der Waals surface area contributed by atoms with E-state index in [1.807, 2.05) is 20.8 Å². The Balaban J connectivity index is 2.06. The number of hydrogen-bond donors (Lipinski definition) is 0. The Kier molecular flexibility index (Phi) is 5.68. The molecule has 2 rings (SSSR count). The number of carbonyl (C=O) groups excluding carboxylic acids is 2. The summed E-state index contributed by atoms with van der Waals surface area (Å²) in [4.78, 5) is 28.4. The third-order valence-electron chi connectivity index (χ3n) is 4.52. The summed E-state index contributed by atoms with van der Waals surface area (Å²) in [6.45, 7) is 6.22. The average molecular weight is 370 g/mol. The predicted molar refractivity (Wildman–Crippen MR) is 92.1 cm³/mol. The molecule has 1 unspecified atom stereocenters. The van der Waals surface area contributed by atoms with Crippen molar-refractivity contribution in [3.05, 3.63) is 35.4 Å². The zero-order valence-electron chi connectivity index (χ0n) is 15.6. The van der Waals surface area contributed by atoms with Crippen LogP contribution in [0.25, 0.3) is 0 Å².